The van der Waals surface area contributed by atoms with Crippen LogP contribution in [0.25, 0.3) is 32.9 Å². The van der Waals surface area contributed by atoms with Gasteiger partial charge in [-0.05, 0) is 84.3 Å². The zero-order chi connectivity index (χ0) is 32.7. The van der Waals surface area contributed by atoms with Crippen molar-refractivity contribution in [3.05, 3.63) is 161 Å². The van der Waals surface area contributed by atoms with Crippen molar-refractivity contribution in [3.63, 3.8) is 0 Å². The Labute approximate surface area is 270 Å². The van der Waals surface area contributed by atoms with Crippen LogP contribution in [0.1, 0.15) is 19.8 Å². The predicted octanol–water partition coefficient (Wildman–Crippen LogP) is 9.14. The largest absolute Gasteiger partial charge is 0.396 e. The number of nitrogen functional groups attached to an aromatic ring is 1. The number of hydrogen-bond acceptors (Lipinski definition) is 5. The maximum absolute atomic E-state index is 12.8. The molecule has 0 fully saturated rings. The number of thiophene rings is 1. The fraction of sp³-hybridized carbons (Fsp3) is 0.103. The number of nitrogens with zero attached hydrogens (tertiary/aromatic N) is 2. The van der Waals surface area contributed by atoms with E-state index in [9.17, 15) is 4.21 Å². The zero-order valence-corrected chi connectivity index (χ0v) is 26.6. The van der Waals surface area contributed by atoms with Crippen LogP contribution < -0.4 is 5.73 Å². The fourth-order valence-electron chi connectivity index (χ4n) is 3.39. The number of hydrogen-bond donors (Lipinski definition) is 1. The van der Waals surface area contributed by atoms with Crippen molar-refractivity contribution in [2.75, 3.05) is 11.5 Å². The summed E-state index contributed by atoms with van der Waals surface area (Å²) in [4.78, 5) is 10.4. The van der Waals surface area contributed by atoms with Gasteiger partial charge in [0.2, 0.25) is 0 Å². The minimum atomic E-state index is -1.12. The van der Waals surface area contributed by atoms with Gasteiger partial charge in [0.15, 0.2) is 5.82 Å². The number of unbranched alkanes of at least 4 members (excludes halogenated alkanes) is 1. The van der Waals surface area contributed by atoms with Crippen molar-refractivity contribution >= 4 is 38.0 Å². The van der Waals surface area contributed by atoms with E-state index in [0.29, 0.717) is 21.5 Å². The monoisotopic (exact) mass is 619 g/mol. The molecule has 2 aromatic carbocycles. The quantitative estimate of drug-likeness (QED) is 0.219. The number of anilines is 1. The maximum atomic E-state index is 12.8. The molecule has 0 spiro atoms. The number of benzene rings is 2. The van der Waals surface area contributed by atoms with Crippen molar-refractivity contribution in [2.24, 2.45) is 0 Å². The van der Waals surface area contributed by atoms with Crippen LogP contribution in [0.5, 0.6) is 0 Å². The van der Waals surface area contributed by atoms with Crippen LogP contribution in [0.3, 0.4) is 0 Å². The average Bonchev–Trinajstić information content (AvgIpc) is 3.42. The summed E-state index contributed by atoms with van der Waals surface area (Å²) in [5, 5.41) is 0.802. The average molecular weight is 620 g/mol. The lowest BCUT2D eigenvalue weighted by Crippen LogP contribution is -1.99. The molecule has 0 saturated heterocycles. The Morgan fingerprint density at radius 3 is 1.67 bits per heavy atom. The molecule has 4 nitrogen and oxygen atoms in total. The van der Waals surface area contributed by atoms with E-state index >= 15 is 0 Å². The van der Waals surface area contributed by atoms with Gasteiger partial charge in [-0.1, -0.05) is 96.9 Å². The molecule has 6 heteroatoms. The highest BCUT2D eigenvalue weighted by Crippen LogP contribution is 2.41. The minimum Gasteiger partial charge on any atom is -0.396 e. The van der Waals surface area contributed by atoms with Crippen LogP contribution in [0.2, 0.25) is 0 Å². The second-order valence-electron chi connectivity index (χ2n) is 8.35. The van der Waals surface area contributed by atoms with Crippen molar-refractivity contribution in [1.29, 1.82) is 0 Å². The molecule has 0 amide bonds. The molecule has 2 aromatic heterocycles. The Kier molecular flexibility index (Phi) is 16.3. The summed E-state index contributed by atoms with van der Waals surface area (Å²) in [5.74, 6) is 1.27. The fourth-order valence-corrected chi connectivity index (χ4v) is 6.16. The van der Waals surface area contributed by atoms with E-state index in [4.69, 9.17) is 15.7 Å². The van der Waals surface area contributed by atoms with Gasteiger partial charge in [-0.3, -0.25) is 4.21 Å². The highest BCUT2D eigenvalue weighted by molar-refractivity contribution is 7.87. The number of nitrogens with two attached hydrogens (primary N) is 1. The topological polar surface area (TPSA) is 68.9 Å². The standard InChI is InChI=1S/C22H21N3OS2.C10H4.C7H4/c1-2-3-14-28(26)22-18(23)17-19(15-10-6-4-7-11-15)24-20(25-21(17)27-22)16-12-8-5-9-13-16;1-3-5-7-9-10-8-6-4-2;1-3-5-7-6-4-2/h4-13H,2-3,14,23H2,1H3;1-2H2;1-2H2. The van der Waals surface area contributed by atoms with Crippen LogP contribution in [0.15, 0.2) is 166 Å². The Hall–Kier alpha value is -5.95. The van der Waals surface area contributed by atoms with Crippen molar-refractivity contribution in [2.45, 2.75) is 24.0 Å². The summed E-state index contributed by atoms with van der Waals surface area (Å²) in [6, 6.07) is 19.9. The molecule has 4 aromatic rings. The summed E-state index contributed by atoms with van der Waals surface area (Å²) in [6.07, 6.45) is 1.91. The first-order chi connectivity index (χ1) is 22.0. The lowest BCUT2D eigenvalue weighted by molar-refractivity contribution is 0.681. The van der Waals surface area contributed by atoms with Crippen molar-refractivity contribution in [3.8, 4) is 22.6 Å². The molecule has 0 aliphatic rings. The number of aromatic nitrogens is 2. The molecule has 1 atom stereocenters. The first-order valence-corrected chi connectivity index (χ1v) is 15.6. The van der Waals surface area contributed by atoms with E-state index < -0.39 is 10.8 Å². The van der Waals surface area contributed by atoms with Crippen LogP contribution >= 0.6 is 11.3 Å². The van der Waals surface area contributed by atoms with E-state index in [1.54, 1.807) is 0 Å². The lowest BCUT2D eigenvalue weighted by Gasteiger charge is -2.07. The van der Waals surface area contributed by atoms with Gasteiger partial charge in [0.1, 0.15) is 9.04 Å². The third kappa shape index (κ3) is 11.7. The molecule has 0 saturated carbocycles. The van der Waals surface area contributed by atoms with Gasteiger partial charge >= 0.3 is 0 Å². The molecule has 0 aliphatic heterocycles. The Morgan fingerprint density at radius 2 is 1.18 bits per heavy atom. The van der Waals surface area contributed by atoms with Crippen LogP contribution in [0.4, 0.5) is 5.69 Å². The molecule has 45 heavy (non-hydrogen) atoms. The molecule has 4 rings (SSSR count). The summed E-state index contributed by atoms with van der Waals surface area (Å²) in [7, 11) is -1.12. The second kappa shape index (κ2) is 20.9. The summed E-state index contributed by atoms with van der Waals surface area (Å²) in [6.45, 7) is 15.1. The van der Waals surface area contributed by atoms with Crippen molar-refractivity contribution in [1.82, 2.24) is 9.97 Å². The van der Waals surface area contributed by atoms with Crippen molar-refractivity contribution < 1.29 is 4.21 Å². The van der Waals surface area contributed by atoms with Crippen LogP contribution in [-0.4, -0.2) is 19.9 Å². The zero-order valence-electron chi connectivity index (χ0n) is 24.9. The smallest absolute Gasteiger partial charge is 0.161 e. The van der Waals surface area contributed by atoms with E-state index in [0.717, 1.165) is 39.9 Å². The lowest BCUT2D eigenvalue weighted by atomic mass is 10.1. The van der Waals surface area contributed by atoms with Gasteiger partial charge in [-0.25, -0.2) is 9.97 Å². The van der Waals surface area contributed by atoms with E-state index in [-0.39, 0.29) is 0 Å². The molecular formula is C39H29N3OS2. The normalized spacial score (nSPS) is 9.00. The first-order valence-electron chi connectivity index (χ1n) is 13.4. The molecule has 218 valence electrons. The molecule has 2 N–H and O–H groups in total. The molecule has 1 unspecified atom stereocenters. The molecule has 2 heterocycles. The highest BCUT2D eigenvalue weighted by atomic mass is 32.2. The summed E-state index contributed by atoms with van der Waals surface area (Å²) < 4.78 is 13.5. The summed E-state index contributed by atoms with van der Waals surface area (Å²) in [5.41, 5.74) is 41.2. The summed E-state index contributed by atoms with van der Waals surface area (Å²) >= 11 is 1.42. The molecule has 0 aliphatic carbocycles. The molecule has 0 radical (unpaired) electrons. The van der Waals surface area contributed by atoms with E-state index in [2.05, 4.69) is 108 Å². The van der Waals surface area contributed by atoms with Gasteiger partial charge in [0.25, 0.3) is 0 Å². The van der Waals surface area contributed by atoms with Crippen LogP contribution in [0, 0.1) is 0 Å². The van der Waals surface area contributed by atoms with Gasteiger partial charge in [-0.15, -0.1) is 11.3 Å². The molecule has 0 bridgehead atoms. The van der Waals surface area contributed by atoms with Crippen LogP contribution in [-0.2, 0) is 10.8 Å². The number of rotatable bonds is 6. The second-order valence-corrected chi connectivity index (χ2v) is 11.1. The highest BCUT2D eigenvalue weighted by Gasteiger charge is 2.21. The number of fused-ring (bicyclic) bond motifs is 1. The Morgan fingerprint density at radius 1 is 0.711 bits per heavy atom. The van der Waals surface area contributed by atoms with E-state index in [1.165, 1.54) is 11.3 Å². The maximum Gasteiger partial charge on any atom is 0.161 e. The third-order valence-electron chi connectivity index (χ3n) is 5.31. The predicted molar refractivity (Wildman–Crippen MR) is 187 cm³/mol. The van der Waals surface area contributed by atoms with Gasteiger partial charge in [-0.2, -0.15) is 0 Å². The Balaban J connectivity index is 0.000000343. The van der Waals surface area contributed by atoms with Gasteiger partial charge in [0.05, 0.1) is 27.6 Å². The van der Waals surface area contributed by atoms with Gasteiger partial charge < -0.3 is 5.73 Å². The first kappa shape index (κ1) is 35.2. The molecular weight excluding hydrogens is 591 g/mol. The third-order valence-corrected chi connectivity index (χ3v) is 8.31. The van der Waals surface area contributed by atoms with Gasteiger partial charge in [0, 0.05) is 16.9 Å². The minimum absolute atomic E-state index is 0.549. The SMILES string of the molecule is C=C=C=C=C=C=C.C=C=C=C=C=C=C=C=C=C.CCCCS(=O)c1sc2nc(-c3ccccc3)nc(-c3ccccc3)c2c1N. The van der Waals surface area contributed by atoms with E-state index in [1.807, 2.05) is 60.7 Å². The Bertz CT molecular complexity index is 2090.